The summed E-state index contributed by atoms with van der Waals surface area (Å²) in [5.41, 5.74) is 2.75. The Morgan fingerprint density at radius 2 is 2.00 bits per heavy atom. The molecule has 0 aliphatic carbocycles. The lowest BCUT2D eigenvalue weighted by Crippen LogP contribution is -2.38. The van der Waals surface area contributed by atoms with Gasteiger partial charge in [-0.1, -0.05) is 36.9 Å². The van der Waals surface area contributed by atoms with Gasteiger partial charge in [0.1, 0.15) is 5.75 Å². The second kappa shape index (κ2) is 9.17. The van der Waals surface area contributed by atoms with Gasteiger partial charge in [-0.25, -0.2) is 9.79 Å². The van der Waals surface area contributed by atoms with E-state index >= 15 is 0 Å². The van der Waals surface area contributed by atoms with Gasteiger partial charge >= 0.3 is 5.97 Å². The molecule has 1 N–H and O–H groups in total. The summed E-state index contributed by atoms with van der Waals surface area (Å²) in [5, 5.41) is 5.49. The highest BCUT2D eigenvalue weighted by Gasteiger charge is 2.42. The zero-order valence-electron chi connectivity index (χ0n) is 17.0. The number of fused-ring (bicyclic) bond motifs is 1. The Bertz CT molecular complexity index is 907. The van der Waals surface area contributed by atoms with E-state index in [0.717, 1.165) is 16.4 Å². The number of hydrogen-bond acceptors (Lipinski definition) is 7. The maximum atomic E-state index is 12.8. The number of nitrogens with one attached hydrogen (secondary N) is 1. The van der Waals surface area contributed by atoms with Gasteiger partial charge < -0.3 is 19.7 Å². The van der Waals surface area contributed by atoms with E-state index in [0.29, 0.717) is 30.0 Å². The largest absolute Gasteiger partial charge is 0.496 e. The van der Waals surface area contributed by atoms with Crippen LogP contribution >= 0.6 is 11.8 Å². The summed E-state index contributed by atoms with van der Waals surface area (Å²) in [4.78, 5) is 31.7. The van der Waals surface area contributed by atoms with Crippen molar-refractivity contribution < 1.29 is 19.1 Å². The minimum absolute atomic E-state index is 0.0794. The first kappa shape index (κ1) is 21.0. The average Bonchev–Trinajstić information content (AvgIpc) is 3.14. The number of para-hydroxylation sites is 1. The van der Waals surface area contributed by atoms with E-state index in [1.807, 2.05) is 48.4 Å². The summed E-state index contributed by atoms with van der Waals surface area (Å²) in [7, 11) is 2.97. The molecule has 0 aromatic heterocycles. The third-order valence-corrected chi connectivity index (χ3v) is 5.67. The first-order valence-electron chi connectivity index (χ1n) is 9.50. The second-order valence-electron chi connectivity index (χ2n) is 6.47. The number of nitrogens with zero attached hydrogens (tertiary/aromatic N) is 2. The standard InChI is InChI=1S/C21H25N3O4S/c1-5-15-18(20(26)28-4)19(14-9-7-8-10-16(14)27-3)24-13(11-17(25)22-6-2)12-29-21(24)23-15/h7-10,12,19H,5-6,11H2,1-4H3,(H,22,25). The monoisotopic (exact) mass is 415 g/mol. The van der Waals surface area contributed by atoms with Crippen molar-refractivity contribution in [2.75, 3.05) is 20.8 Å². The summed E-state index contributed by atoms with van der Waals surface area (Å²) in [6.45, 7) is 4.40. The first-order valence-corrected chi connectivity index (χ1v) is 10.4. The SMILES string of the molecule is CCNC(=O)CC1=CSC2=NC(CC)=C(C(=O)OC)C(c3ccccc3OC)N12. The summed E-state index contributed by atoms with van der Waals surface area (Å²) in [5.74, 6) is 0.143. The lowest BCUT2D eigenvalue weighted by atomic mass is 9.92. The maximum absolute atomic E-state index is 12.8. The number of amides is 1. The van der Waals surface area contributed by atoms with Crippen molar-refractivity contribution in [3.8, 4) is 5.75 Å². The third-order valence-electron chi connectivity index (χ3n) is 4.78. The molecule has 1 atom stereocenters. The molecule has 2 heterocycles. The van der Waals surface area contributed by atoms with Crippen molar-refractivity contribution in [2.45, 2.75) is 32.7 Å². The number of benzene rings is 1. The molecule has 29 heavy (non-hydrogen) atoms. The topological polar surface area (TPSA) is 80.2 Å². The fourth-order valence-corrected chi connectivity index (χ4v) is 4.46. The van der Waals surface area contributed by atoms with Crippen LogP contribution in [-0.4, -0.2) is 42.7 Å². The van der Waals surface area contributed by atoms with Crippen molar-refractivity contribution in [2.24, 2.45) is 4.99 Å². The van der Waals surface area contributed by atoms with Gasteiger partial charge in [0.2, 0.25) is 5.91 Å². The van der Waals surface area contributed by atoms with Crippen LogP contribution in [0.1, 0.15) is 38.3 Å². The Morgan fingerprint density at radius 3 is 2.66 bits per heavy atom. The molecule has 2 aliphatic heterocycles. The van der Waals surface area contributed by atoms with Crippen molar-refractivity contribution in [1.82, 2.24) is 10.2 Å². The summed E-state index contributed by atoms with van der Waals surface area (Å²) >= 11 is 1.45. The van der Waals surface area contributed by atoms with Gasteiger partial charge in [-0.15, -0.1) is 0 Å². The molecule has 1 amide bonds. The summed E-state index contributed by atoms with van der Waals surface area (Å²) < 4.78 is 10.7. The molecule has 2 aliphatic rings. The van der Waals surface area contributed by atoms with Crippen molar-refractivity contribution in [1.29, 1.82) is 0 Å². The molecule has 0 saturated carbocycles. The molecule has 7 nitrogen and oxygen atoms in total. The molecule has 0 bridgehead atoms. The lowest BCUT2D eigenvalue weighted by molar-refractivity contribution is -0.136. The number of ether oxygens (including phenoxy) is 2. The number of carbonyl (C=O) groups is 2. The zero-order chi connectivity index (χ0) is 21.0. The van der Waals surface area contributed by atoms with Gasteiger partial charge in [-0.3, -0.25) is 4.79 Å². The Kier molecular flexibility index (Phi) is 6.64. The lowest BCUT2D eigenvalue weighted by Gasteiger charge is -2.37. The number of rotatable bonds is 7. The van der Waals surface area contributed by atoms with Crippen LogP contribution in [0.2, 0.25) is 0 Å². The number of thioether (sulfide) groups is 1. The molecular formula is C21H25N3O4S. The van der Waals surface area contributed by atoms with Crippen molar-refractivity contribution in [3.05, 3.63) is 52.2 Å². The van der Waals surface area contributed by atoms with E-state index in [4.69, 9.17) is 14.5 Å². The van der Waals surface area contributed by atoms with Crippen LogP contribution in [0.4, 0.5) is 0 Å². The normalized spacial score (nSPS) is 18.1. The predicted octanol–water partition coefficient (Wildman–Crippen LogP) is 3.36. The van der Waals surface area contributed by atoms with Gasteiger partial charge in [0.15, 0.2) is 5.17 Å². The number of carbonyl (C=O) groups excluding carboxylic acids is 2. The van der Waals surface area contributed by atoms with Crippen molar-refractivity contribution in [3.63, 3.8) is 0 Å². The Labute approximate surface area is 174 Å². The predicted molar refractivity (Wildman–Crippen MR) is 113 cm³/mol. The maximum Gasteiger partial charge on any atom is 0.338 e. The van der Waals surface area contributed by atoms with Gasteiger partial charge in [0.25, 0.3) is 0 Å². The van der Waals surface area contributed by atoms with E-state index in [9.17, 15) is 9.59 Å². The average molecular weight is 416 g/mol. The summed E-state index contributed by atoms with van der Waals surface area (Å²) in [6, 6.07) is 7.08. The smallest absolute Gasteiger partial charge is 0.338 e. The van der Waals surface area contributed by atoms with Crippen LogP contribution in [0.5, 0.6) is 5.75 Å². The van der Waals surface area contributed by atoms with Crippen LogP contribution in [0, 0.1) is 0 Å². The Hall–Kier alpha value is -2.74. The third kappa shape index (κ3) is 4.03. The van der Waals surface area contributed by atoms with E-state index < -0.39 is 12.0 Å². The summed E-state index contributed by atoms with van der Waals surface area (Å²) in [6.07, 6.45) is 0.779. The van der Waals surface area contributed by atoms with Gasteiger partial charge in [0, 0.05) is 17.8 Å². The highest BCUT2D eigenvalue weighted by Crippen LogP contribution is 2.47. The highest BCUT2D eigenvalue weighted by atomic mass is 32.2. The van der Waals surface area contributed by atoms with Gasteiger partial charge in [-0.2, -0.15) is 0 Å². The van der Waals surface area contributed by atoms with Crippen LogP contribution < -0.4 is 10.1 Å². The number of hydrogen-bond donors (Lipinski definition) is 1. The fourth-order valence-electron chi connectivity index (χ4n) is 3.52. The van der Waals surface area contributed by atoms with E-state index in [1.54, 1.807) is 7.11 Å². The number of esters is 1. The minimum atomic E-state index is -0.489. The molecule has 1 unspecified atom stereocenters. The number of amidine groups is 1. The molecule has 0 spiro atoms. The first-order chi connectivity index (χ1) is 14.0. The Morgan fingerprint density at radius 1 is 1.24 bits per heavy atom. The van der Waals surface area contributed by atoms with Crippen LogP contribution in [0.15, 0.2) is 51.6 Å². The number of aliphatic imine (C=N–C) groups is 1. The van der Waals surface area contributed by atoms with Gasteiger partial charge in [-0.05, 0) is 24.8 Å². The molecule has 1 aromatic carbocycles. The highest BCUT2D eigenvalue weighted by molar-refractivity contribution is 8.16. The molecule has 1 aromatic rings. The minimum Gasteiger partial charge on any atom is -0.496 e. The van der Waals surface area contributed by atoms with Crippen LogP contribution in [0.3, 0.4) is 0 Å². The molecule has 8 heteroatoms. The fraction of sp³-hybridized carbons (Fsp3) is 0.381. The van der Waals surface area contributed by atoms with Crippen molar-refractivity contribution >= 4 is 28.8 Å². The molecule has 0 radical (unpaired) electrons. The quantitative estimate of drug-likeness (QED) is 0.688. The molecular weight excluding hydrogens is 390 g/mol. The zero-order valence-corrected chi connectivity index (χ0v) is 17.8. The molecule has 154 valence electrons. The second-order valence-corrected chi connectivity index (χ2v) is 7.31. The Balaban J connectivity index is 2.15. The van der Waals surface area contributed by atoms with Crippen LogP contribution in [-0.2, 0) is 14.3 Å². The molecule has 3 rings (SSSR count). The number of methoxy groups -OCH3 is 2. The number of allylic oxidation sites excluding steroid dienone is 1. The van der Waals surface area contributed by atoms with E-state index in [1.165, 1.54) is 18.9 Å². The van der Waals surface area contributed by atoms with E-state index in [-0.39, 0.29) is 12.3 Å². The van der Waals surface area contributed by atoms with E-state index in [2.05, 4.69) is 5.32 Å². The molecule has 0 saturated heterocycles. The molecule has 0 fully saturated rings. The van der Waals surface area contributed by atoms with Crippen LogP contribution in [0.25, 0.3) is 0 Å². The van der Waals surface area contributed by atoms with Gasteiger partial charge in [0.05, 0.1) is 38.0 Å².